The molecule has 2 aromatic rings. The number of urea groups is 1. The van der Waals surface area contributed by atoms with Crippen molar-refractivity contribution in [3.05, 3.63) is 34.5 Å². The van der Waals surface area contributed by atoms with E-state index in [1.807, 2.05) is 20.8 Å². The van der Waals surface area contributed by atoms with Crippen molar-refractivity contribution in [2.75, 3.05) is 5.32 Å². The number of hydrogen-bond acceptors (Lipinski definition) is 6. The summed E-state index contributed by atoms with van der Waals surface area (Å²) in [5.74, 6) is 0.124. The quantitative estimate of drug-likeness (QED) is 0.479. The van der Waals surface area contributed by atoms with Crippen molar-refractivity contribution in [3.8, 4) is 5.75 Å². The van der Waals surface area contributed by atoms with Crippen LogP contribution in [-0.2, 0) is 23.0 Å². The van der Waals surface area contributed by atoms with Crippen molar-refractivity contribution in [2.45, 2.75) is 63.4 Å². The highest BCUT2D eigenvalue weighted by molar-refractivity contribution is 7.85. The Morgan fingerprint density at radius 1 is 1.39 bits per heavy atom. The summed E-state index contributed by atoms with van der Waals surface area (Å²) in [5, 5.41) is 17.7. The molecule has 12 heteroatoms. The van der Waals surface area contributed by atoms with Gasteiger partial charge in [0.05, 0.1) is 6.20 Å². The van der Waals surface area contributed by atoms with Gasteiger partial charge in [0.1, 0.15) is 31.6 Å². The van der Waals surface area contributed by atoms with Gasteiger partial charge in [0, 0.05) is 5.69 Å². The molecule has 31 heavy (non-hydrogen) atoms. The van der Waals surface area contributed by atoms with Crippen LogP contribution in [0.15, 0.2) is 22.5 Å². The molecule has 0 bridgehead atoms. The fourth-order valence-electron chi connectivity index (χ4n) is 2.51. The maximum absolute atomic E-state index is 12.3. The number of alkyl halides is 2. The van der Waals surface area contributed by atoms with Gasteiger partial charge < -0.3 is 20.9 Å². The highest BCUT2D eigenvalue weighted by atomic mass is 32.2. The summed E-state index contributed by atoms with van der Waals surface area (Å²) in [6.07, 6.45) is 1.99. The normalized spacial score (nSPS) is 12.4. The Morgan fingerprint density at radius 2 is 2.00 bits per heavy atom. The monoisotopic (exact) mass is 478 g/mol. The molecule has 1 atom stereocenters. The molecule has 0 aliphatic carbocycles. The summed E-state index contributed by atoms with van der Waals surface area (Å²) in [4.78, 5) is 14.9. The molecular formula is C19H28F2N4O4S2. The lowest BCUT2D eigenvalue weighted by molar-refractivity contribution is -0.0499. The molecule has 174 valence electrons. The van der Waals surface area contributed by atoms with E-state index in [9.17, 15) is 22.9 Å². The van der Waals surface area contributed by atoms with Crippen molar-refractivity contribution >= 4 is 34.0 Å². The van der Waals surface area contributed by atoms with Crippen molar-refractivity contribution in [1.29, 1.82) is 0 Å². The molecule has 2 rings (SSSR count). The minimum absolute atomic E-state index is 0.0355. The molecule has 0 saturated heterocycles. The van der Waals surface area contributed by atoms with Gasteiger partial charge in [-0.15, -0.1) is 11.3 Å². The first kappa shape index (κ1) is 26.9. The van der Waals surface area contributed by atoms with Crippen molar-refractivity contribution in [2.24, 2.45) is 10.9 Å². The van der Waals surface area contributed by atoms with E-state index in [0.717, 1.165) is 11.3 Å². The predicted octanol–water partition coefficient (Wildman–Crippen LogP) is 3.82. The standard InChI is InChI=1S/C13H18F2N2O2.C6H10N2O2S2/c1-4-8-5-9(19-12(14)15)6-10(7(2)3)11(8)17-13(16)18;1-6(2,9)5-8-3-4(11-5)12(7)10/h5-7,12H,4H2,1-3H3,(H3,16,17,18);3,9H,7H2,1-2H3. The molecule has 0 spiro atoms. The van der Waals surface area contributed by atoms with Crippen LogP contribution in [0.5, 0.6) is 5.75 Å². The van der Waals surface area contributed by atoms with Crippen LogP contribution in [0, 0.1) is 0 Å². The molecule has 1 unspecified atom stereocenters. The van der Waals surface area contributed by atoms with Gasteiger partial charge in [-0.25, -0.2) is 19.1 Å². The number of aryl methyl sites for hydroxylation is 1. The summed E-state index contributed by atoms with van der Waals surface area (Å²) in [6, 6.07) is 2.31. The van der Waals surface area contributed by atoms with Crippen LogP contribution in [0.4, 0.5) is 19.3 Å². The Balaban J connectivity index is 0.000000343. The molecular weight excluding hydrogens is 450 g/mol. The highest BCUT2D eigenvalue weighted by Gasteiger charge is 2.21. The van der Waals surface area contributed by atoms with Crippen LogP contribution < -0.4 is 20.9 Å². The number of thiazole rings is 1. The average molecular weight is 479 g/mol. The first-order valence-electron chi connectivity index (χ1n) is 9.29. The second kappa shape index (κ2) is 11.5. The van der Waals surface area contributed by atoms with Gasteiger partial charge in [-0.05, 0) is 49.4 Å². The first-order chi connectivity index (χ1) is 14.3. The second-order valence-electron chi connectivity index (χ2n) is 7.26. The number of aliphatic hydroxyl groups is 1. The molecule has 0 radical (unpaired) electrons. The second-order valence-corrected chi connectivity index (χ2v) is 9.59. The number of nitrogens with zero attached hydrogens (tertiary/aromatic N) is 1. The maximum Gasteiger partial charge on any atom is 0.387 e. The number of hydrogen-bond donors (Lipinski definition) is 4. The minimum atomic E-state index is -2.88. The Labute approximate surface area is 186 Å². The molecule has 1 aromatic heterocycles. The highest BCUT2D eigenvalue weighted by Crippen LogP contribution is 2.33. The number of nitrogens with two attached hydrogens (primary N) is 2. The first-order valence-corrected chi connectivity index (χ1v) is 11.3. The van der Waals surface area contributed by atoms with Crippen molar-refractivity contribution in [1.82, 2.24) is 4.98 Å². The summed E-state index contributed by atoms with van der Waals surface area (Å²) in [5.41, 5.74) is 6.15. The van der Waals surface area contributed by atoms with Gasteiger partial charge in [0.15, 0.2) is 0 Å². The smallest absolute Gasteiger partial charge is 0.387 e. The van der Waals surface area contributed by atoms with E-state index in [2.05, 4.69) is 15.0 Å². The van der Waals surface area contributed by atoms with Gasteiger partial charge in [-0.3, -0.25) is 0 Å². The number of benzene rings is 1. The lowest BCUT2D eigenvalue weighted by atomic mass is 9.96. The Hall–Kier alpha value is -2.15. The van der Waals surface area contributed by atoms with Crippen LogP contribution in [0.2, 0.25) is 0 Å². The number of nitrogens with one attached hydrogen (secondary N) is 1. The number of anilines is 1. The summed E-state index contributed by atoms with van der Waals surface area (Å²) >= 11 is 1.16. The van der Waals surface area contributed by atoms with E-state index in [1.54, 1.807) is 13.8 Å². The fraction of sp³-hybridized carbons (Fsp3) is 0.474. The van der Waals surface area contributed by atoms with E-state index in [1.165, 1.54) is 18.3 Å². The molecule has 0 aliphatic heterocycles. The zero-order valence-electron chi connectivity index (χ0n) is 17.9. The summed E-state index contributed by atoms with van der Waals surface area (Å²) < 4.78 is 40.2. The number of carbonyl (C=O) groups excluding carboxylic acids is 1. The maximum atomic E-state index is 12.3. The molecule has 6 N–H and O–H groups in total. The number of aromatic nitrogens is 1. The molecule has 1 aromatic carbocycles. The van der Waals surface area contributed by atoms with E-state index >= 15 is 0 Å². The average Bonchev–Trinajstić information content (AvgIpc) is 3.13. The van der Waals surface area contributed by atoms with Gasteiger partial charge in [0.2, 0.25) is 0 Å². The zero-order chi connectivity index (χ0) is 23.9. The predicted molar refractivity (Wildman–Crippen MR) is 118 cm³/mol. The number of amides is 2. The topological polar surface area (TPSA) is 141 Å². The van der Waals surface area contributed by atoms with Gasteiger partial charge in [0.25, 0.3) is 0 Å². The lowest BCUT2D eigenvalue weighted by Gasteiger charge is -2.19. The van der Waals surface area contributed by atoms with E-state index in [-0.39, 0.29) is 11.7 Å². The number of primary amides is 1. The number of ether oxygens (including phenoxy) is 1. The fourth-order valence-corrected chi connectivity index (χ4v) is 3.89. The van der Waals surface area contributed by atoms with Gasteiger partial charge in [-0.1, -0.05) is 20.8 Å². The Kier molecular flexibility index (Phi) is 9.94. The number of carbonyl (C=O) groups is 1. The molecule has 8 nitrogen and oxygen atoms in total. The van der Waals surface area contributed by atoms with E-state index < -0.39 is 29.2 Å². The van der Waals surface area contributed by atoms with Crippen molar-refractivity contribution in [3.63, 3.8) is 0 Å². The SMILES string of the molecule is CC(C)(O)c1ncc(S(N)=O)s1.CCc1cc(OC(F)F)cc(C(C)C)c1NC(N)=O. The van der Waals surface area contributed by atoms with Gasteiger partial charge >= 0.3 is 12.6 Å². The molecule has 0 saturated carbocycles. The van der Waals surface area contributed by atoms with Crippen LogP contribution >= 0.6 is 11.3 Å². The Bertz CT molecular complexity index is 915. The van der Waals surface area contributed by atoms with Crippen LogP contribution in [-0.4, -0.2) is 26.9 Å². The largest absolute Gasteiger partial charge is 0.435 e. The number of rotatable bonds is 7. The lowest BCUT2D eigenvalue weighted by Crippen LogP contribution is -2.21. The molecule has 1 heterocycles. The third-order valence-electron chi connectivity index (χ3n) is 3.91. The van der Waals surface area contributed by atoms with E-state index in [4.69, 9.17) is 10.9 Å². The molecule has 0 fully saturated rings. The third-order valence-corrected chi connectivity index (χ3v) is 6.26. The summed E-state index contributed by atoms with van der Waals surface area (Å²) in [6.45, 7) is 6.02. The third kappa shape index (κ3) is 8.48. The molecule has 2 amide bonds. The number of halogens is 2. The van der Waals surface area contributed by atoms with Crippen LogP contribution in [0.25, 0.3) is 0 Å². The Morgan fingerprint density at radius 3 is 2.35 bits per heavy atom. The summed E-state index contributed by atoms with van der Waals surface area (Å²) in [7, 11) is -1.50. The van der Waals surface area contributed by atoms with E-state index in [0.29, 0.717) is 32.5 Å². The zero-order valence-corrected chi connectivity index (χ0v) is 19.6. The van der Waals surface area contributed by atoms with Gasteiger partial charge in [-0.2, -0.15) is 8.78 Å². The van der Waals surface area contributed by atoms with Crippen LogP contribution in [0.3, 0.4) is 0 Å². The minimum Gasteiger partial charge on any atom is -0.435 e. The van der Waals surface area contributed by atoms with Crippen molar-refractivity contribution < 1.29 is 27.6 Å². The molecule has 0 aliphatic rings. The van der Waals surface area contributed by atoms with Crippen LogP contribution in [0.1, 0.15) is 56.7 Å².